The summed E-state index contributed by atoms with van der Waals surface area (Å²) in [6.45, 7) is 6.84. The van der Waals surface area contributed by atoms with E-state index in [0.29, 0.717) is 12.0 Å². The summed E-state index contributed by atoms with van der Waals surface area (Å²) in [5.74, 6) is 0.238. The van der Waals surface area contributed by atoms with Crippen LogP contribution in [0.1, 0.15) is 42.9 Å². The molecule has 2 rings (SSSR count). The Hall–Kier alpha value is -1.53. The number of piperazine rings is 1. The van der Waals surface area contributed by atoms with Crippen molar-refractivity contribution in [2.24, 2.45) is 0 Å². The number of benzene rings is 1. The molecule has 0 bridgehead atoms. The minimum absolute atomic E-state index is 0.227. The first kappa shape index (κ1) is 19.8. The predicted octanol–water partition coefficient (Wildman–Crippen LogP) is 4.41. The molecule has 1 fully saturated rings. The number of ether oxygens (including phenoxy) is 1. The number of hydrogen-bond donors (Lipinski definition) is 1. The van der Waals surface area contributed by atoms with Crippen LogP contribution < -0.4 is 10.1 Å². The molecule has 140 valence electrons. The van der Waals surface area contributed by atoms with Gasteiger partial charge in [-0.05, 0) is 37.0 Å². The van der Waals surface area contributed by atoms with Crippen LogP contribution in [0, 0.1) is 0 Å². The Kier molecular flexibility index (Phi) is 7.32. The van der Waals surface area contributed by atoms with Gasteiger partial charge in [0.25, 0.3) is 0 Å². The van der Waals surface area contributed by atoms with Crippen LogP contribution >= 0.6 is 0 Å². The molecule has 1 aliphatic heterocycles. The van der Waals surface area contributed by atoms with Gasteiger partial charge in [0.2, 0.25) is 0 Å². The standard InChI is InChI=1S/C19H27F3N2O/c1-3-4-5-6-7-18(24-12-10-23-11-13-24)16-9-8-15(25-2)14-17(16)19(20,21)22/h3,8-9,14,18,23H,1,4-7,10-13H2,2H3/t18-/m1/s1. The lowest BCUT2D eigenvalue weighted by Gasteiger charge is -2.36. The molecule has 0 saturated carbocycles. The molecular formula is C19H27F3N2O. The SMILES string of the molecule is C=CCCCC[C@H](c1ccc(OC)cc1C(F)(F)F)N1CCNCC1. The average molecular weight is 356 g/mol. The summed E-state index contributed by atoms with van der Waals surface area (Å²) in [7, 11) is 1.39. The molecule has 1 heterocycles. The zero-order valence-corrected chi connectivity index (χ0v) is 14.7. The third kappa shape index (κ3) is 5.47. The van der Waals surface area contributed by atoms with E-state index in [1.807, 2.05) is 6.08 Å². The summed E-state index contributed by atoms with van der Waals surface area (Å²) in [5.41, 5.74) is -0.229. The zero-order chi connectivity index (χ0) is 18.3. The second-order valence-corrected chi connectivity index (χ2v) is 6.33. The zero-order valence-electron chi connectivity index (χ0n) is 14.7. The first-order valence-electron chi connectivity index (χ1n) is 8.78. The minimum atomic E-state index is -4.39. The van der Waals surface area contributed by atoms with Crippen LogP contribution in [-0.2, 0) is 6.18 Å². The molecule has 0 amide bonds. The van der Waals surface area contributed by atoms with Gasteiger partial charge in [-0.3, -0.25) is 4.90 Å². The van der Waals surface area contributed by atoms with Crippen LogP contribution in [0.25, 0.3) is 0 Å². The van der Waals surface area contributed by atoms with E-state index in [1.54, 1.807) is 12.1 Å². The number of methoxy groups -OCH3 is 1. The van der Waals surface area contributed by atoms with Crippen LogP contribution in [0.2, 0.25) is 0 Å². The highest BCUT2D eigenvalue weighted by Gasteiger charge is 2.37. The van der Waals surface area contributed by atoms with E-state index in [9.17, 15) is 13.2 Å². The van der Waals surface area contributed by atoms with Gasteiger partial charge in [-0.1, -0.05) is 18.6 Å². The summed E-state index contributed by atoms with van der Waals surface area (Å²) in [6.07, 6.45) is 0.894. The van der Waals surface area contributed by atoms with E-state index in [2.05, 4.69) is 16.8 Å². The maximum absolute atomic E-state index is 13.6. The van der Waals surface area contributed by atoms with Gasteiger partial charge in [0.05, 0.1) is 12.7 Å². The van der Waals surface area contributed by atoms with Crippen molar-refractivity contribution in [3.05, 3.63) is 42.0 Å². The molecule has 1 aromatic rings. The van der Waals surface area contributed by atoms with Gasteiger partial charge >= 0.3 is 6.18 Å². The molecule has 3 nitrogen and oxygen atoms in total. The molecule has 0 spiro atoms. The largest absolute Gasteiger partial charge is 0.497 e. The van der Waals surface area contributed by atoms with Crippen LogP contribution in [0.5, 0.6) is 5.75 Å². The fourth-order valence-corrected chi connectivity index (χ4v) is 3.35. The smallest absolute Gasteiger partial charge is 0.416 e. The number of alkyl halides is 3. The molecule has 0 radical (unpaired) electrons. The van der Waals surface area contributed by atoms with Crippen LogP contribution in [0.4, 0.5) is 13.2 Å². The van der Waals surface area contributed by atoms with Crippen molar-refractivity contribution in [2.45, 2.75) is 37.9 Å². The number of halogens is 3. The highest BCUT2D eigenvalue weighted by atomic mass is 19.4. The number of hydrogen-bond acceptors (Lipinski definition) is 3. The van der Waals surface area contributed by atoms with Gasteiger partial charge in [0.1, 0.15) is 5.75 Å². The maximum atomic E-state index is 13.6. The molecule has 0 aromatic heterocycles. The molecular weight excluding hydrogens is 329 g/mol. The number of nitrogens with zero attached hydrogens (tertiary/aromatic N) is 1. The molecule has 25 heavy (non-hydrogen) atoms. The molecule has 1 aromatic carbocycles. The van der Waals surface area contributed by atoms with Gasteiger partial charge in [0.15, 0.2) is 0 Å². The molecule has 1 saturated heterocycles. The highest BCUT2D eigenvalue weighted by molar-refractivity contribution is 5.39. The van der Waals surface area contributed by atoms with Crippen LogP contribution in [0.15, 0.2) is 30.9 Å². The normalized spacial score (nSPS) is 17.3. The molecule has 0 unspecified atom stereocenters. The lowest BCUT2D eigenvalue weighted by atomic mass is 9.93. The summed E-state index contributed by atoms with van der Waals surface area (Å²) < 4.78 is 45.9. The third-order valence-corrected chi connectivity index (χ3v) is 4.65. The second kappa shape index (κ2) is 9.25. The Morgan fingerprint density at radius 3 is 2.60 bits per heavy atom. The fraction of sp³-hybridized carbons (Fsp3) is 0.579. The van der Waals surface area contributed by atoms with Crippen LogP contribution in [-0.4, -0.2) is 38.2 Å². The van der Waals surface area contributed by atoms with Gasteiger partial charge in [-0.25, -0.2) is 0 Å². The Morgan fingerprint density at radius 2 is 2.00 bits per heavy atom. The second-order valence-electron chi connectivity index (χ2n) is 6.33. The molecule has 1 aliphatic rings. The summed E-state index contributed by atoms with van der Waals surface area (Å²) >= 11 is 0. The number of nitrogens with one attached hydrogen (secondary N) is 1. The number of allylic oxidation sites excluding steroid dienone is 1. The van der Waals surface area contributed by atoms with Crippen molar-refractivity contribution in [3.63, 3.8) is 0 Å². The van der Waals surface area contributed by atoms with Crippen molar-refractivity contribution in [1.82, 2.24) is 10.2 Å². The maximum Gasteiger partial charge on any atom is 0.416 e. The van der Waals surface area contributed by atoms with Crippen molar-refractivity contribution in [2.75, 3.05) is 33.3 Å². The first-order valence-corrected chi connectivity index (χ1v) is 8.78. The lowest BCUT2D eigenvalue weighted by Crippen LogP contribution is -2.45. The van der Waals surface area contributed by atoms with Gasteiger partial charge in [-0.2, -0.15) is 13.2 Å². The lowest BCUT2D eigenvalue weighted by molar-refractivity contribution is -0.139. The number of unbranched alkanes of at least 4 members (excludes halogenated alkanes) is 2. The predicted molar refractivity (Wildman–Crippen MR) is 93.8 cm³/mol. The summed E-state index contributed by atoms with van der Waals surface area (Å²) in [4.78, 5) is 2.17. The molecule has 1 atom stereocenters. The Labute approximate surface area is 147 Å². The molecule has 1 N–H and O–H groups in total. The Morgan fingerprint density at radius 1 is 1.28 bits per heavy atom. The summed E-state index contributed by atoms with van der Waals surface area (Å²) in [6, 6.07) is 4.11. The Balaban J connectivity index is 2.32. The molecule has 6 heteroatoms. The highest BCUT2D eigenvalue weighted by Crippen LogP contribution is 2.40. The van der Waals surface area contributed by atoms with E-state index in [-0.39, 0.29) is 11.8 Å². The topological polar surface area (TPSA) is 24.5 Å². The first-order chi connectivity index (χ1) is 12.0. The van der Waals surface area contributed by atoms with Gasteiger partial charge < -0.3 is 10.1 Å². The van der Waals surface area contributed by atoms with E-state index < -0.39 is 11.7 Å². The van der Waals surface area contributed by atoms with E-state index in [4.69, 9.17) is 4.74 Å². The quantitative estimate of drug-likeness (QED) is 0.552. The Bertz CT molecular complexity index is 554. The van der Waals surface area contributed by atoms with E-state index in [1.165, 1.54) is 7.11 Å². The van der Waals surface area contributed by atoms with Crippen molar-refractivity contribution >= 4 is 0 Å². The van der Waals surface area contributed by atoms with E-state index in [0.717, 1.165) is 51.5 Å². The van der Waals surface area contributed by atoms with Crippen LogP contribution in [0.3, 0.4) is 0 Å². The van der Waals surface area contributed by atoms with Crippen molar-refractivity contribution < 1.29 is 17.9 Å². The number of rotatable bonds is 8. The van der Waals surface area contributed by atoms with E-state index >= 15 is 0 Å². The van der Waals surface area contributed by atoms with Crippen molar-refractivity contribution in [1.29, 1.82) is 0 Å². The molecule has 0 aliphatic carbocycles. The van der Waals surface area contributed by atoms with Gasteiger partial charge in [-0.15, -0.1) is 6.58 Å². The third-order valence-electron chi connectivity index (χ3n) is 4.65. The van der Waals surface area contributed by atoms with Gasteiger partial charge in [0, 0.05) is 32.2 Å². The average Bonchev–Trinajstić information content (AvgIpc) is 2.61. The monoisotopic (exact) mass is 356 g/mol. The fourth-order valence-electron chi connectivity index (χ4n) is 3.35. The minimum Gasteiger partial charge on any atom is -0.497 e. The summed E-state index contributed by atoms with van der Waals surface area (Å²) in [5, 5.41) is 3.26. The van der Waals surface area contributed by atoms with Crippen molar-refractivity contribution in [3.8, 4) is 5.75 Å².